The zero-order valence-corrected chi connectivity index (χ0v) is 30.4. The van der Waals surface area contributed by atoms with E-state index in [2.05, 4.69) is 50.4 Å². The van der Waals surface area contributed by atoms with E-state index in [9.17, 15) is 4.79 Å². The van der Waals surface area contributed by atoms with Gasteiger partial charge in [0.15, 0.2) is 0 Å². The number of aryl methyl sites for hydroxylation is 2. The van der Waals surface area contributed by atoms with Gasteiger partial charge in [-0.2, -0.15) is 0 Å². The summed E-state index contributed by atoms with van der Waals surface area (Å²) in [5.41, 5.74) is 9.94. The Morgan fingerprint density at radius 3 is 2.71 bits per heavy atom. The molecule has 8 heteroatoms. The van der Waals surface area contributed by atoms with Crippen molar-refractivity contribution in [3.05, 3.63) is 82.3 Å². The highest BCUT2D eigenvalue weighted by Gasteiger charge is 2.28. The number of aliphatic imine (C=N–C) groups is 2. The van der Waals surface area contributed by atoms with Crippen LogP contribution in [0.4, 0.5) is 16.2 Å². The van der Waals surface area contributed by atoms with Crippen LogP contribution in [-0.4, -0.2) is 55.8 Å². The lowest BCUT2D eigenvalue weighted by molar-refractivity contribution is 0.182. The van der Waals surface area contributed by atoms with Crippen LogP contribution < -0.4 is 14.8 Å². The highest BCUT2D eigenvalue weighted by molar-refractivity contribution is 5.97. The standard InChI is InChI=1S/C41H54N4O4/c1-7-9-12-33-24-37(20-28(3)40(33)43-29(4)27-47-5)49-38-22-30(8-2)26-42-34(25-38)21-31-11-10-13-35(15-14-31)45-19-18-32-23-36(48-6)16-17-39(32)44-41(45)46/h11,16-17,20,23-26,35H,7-10,12-15,18-19,21-22,27H2,1-6H3,(H,44,46)/b43-29+. The molecule has 2 aromatic rings. The second kappa shape index (κ2) is 17.5. The predicted octanol–water partition coefficient (Wildman–Crippen LogP) is 9.84. The van der Waals surface area contributed by atoms with E-state index in [1.54, 1.807) is 14.2 Å². The normalized spacial score (nSPS) is 18.6. The monoisotopic (exact) mass is 666 g/mol. The highest BCUT2D eigenvalue weighted by Crippen LogP contribution is 2.34. The molecule has 1 aliphatic carbocycles. The number of ether oxygens (including phenoxy) is 3. The molecule has 0 aromatic heterocycles. The molecule has 5 rings (SSSR count). The fraction of sp³-hybridized carbons (Fsp3) is 0.488. The lowest BCUT2D eigenvalue weighted by Crippen LogP contribution is -2.42. The first-order chi connectivity index (χ1) is 23.8. The van der Waals surface area contributed by atoms with E-state index in [0.717, 1.165) is 122 Å². The van der Waals surface area contributed by atoms with Crippen LogP contribution in [0, 0.1) is 6.92 Å². The first-order valence-corrected chi connectivity index (χ1v) is 18.0. The molecule has 8 nitrogen and oxygen atoms in total. The lowest BCUT2D eigenvalue weighted by atomic mass is 10.0. The van der Waals surface area contributed by atoms with Crippen LogP contribution in [0.1, 0.15) is 95.2 Å². The summed E-state index contributed by atoms with van der Waals surface area (Å²) in [6, 6.07) is 10.3. The summed E-state index contributed by atoms with van der Waals surface area (Å²) in [5.74, 6) is 2.59. The van der Waals surface area contributed by atoms with Gasteiger partial charge in [-0.1, -0.05) is 31.9 Å². The van der Waals surface area contributed by atoms with Gasteiger partial charge in [-0.25, -0.2) is 4.79 Å². The fourth-order valence-electron chi connectivity index (χ4n) is 6.96. The summed E-state index contributed by atoms with van der Waals surface area (Å²) in [6.07, 6.45) is 16.7. The zero-order chi connectivity index (χ0) is 34.8. The average Bonchev–Trinajstić information content (AvgIpc) is 3.51. The number of nitrogens with one attached hydrogen (secondary N) is 1. The number of allylic oxidation sites excluding steroid dienone is 4. The zero-order valence-electron chi connectivity index (χ0n) is 30.4. The molecule has 1 atom stereocenters. The van der Waals surface area contributed by atoms with Crippen LogP contribution in [-0.2, 0) is 17.6 Å². The van der Waals surface area contributed by atoms with Crippen molar-refractivity contribution < 1.29 is 19.0 Å². The van der Waals surface area contributed by atoms with Crippen molar-refractivity contribution in [1.82, 2.24) is 4.90 Å². The summed E-state index contributed by atoms with van der Waals surface area (Å²) in [4.78, 5) is 25.2. The molecule has 3 aliphatic rings. The number of unbranched alkanes of at least 4 members (excludes halogenated alkanes) is 1. The number of carbonyl (C=O) groups excluding carboxylic acids is 1. The third-order valence-corrected chi connectivity index (χ3v) is 9.67. The van der Waals surface area contributed by atoms with Crippen LogP contribution in [0.15, 0.2) is 75.6 Å². The van der Waals surface area contributed by atoms with Gasteiger partial charge in [-0.05, 0) is 124 Å². The molecule has 0 saturated heterocycles. The Morgan fingerprint density at radius 2 is 1.94 bits per heavy atom. The molecule has 0 radical (unpaired) electrons. The number of amides is 2. The smallest absolute Gasteiger partial charge is 0.322 e. The largest absolute Gasteiger partial charge is 0.497 e. The quantitative estimate of drug-likeness (QED) is 0.170. The summed E-state index contributed by atoms with van der Waals surface area (Å²) in [7, 11) is 3.38. The van der Waals surface area contributed by atoms with Crippen LogP contribution in [0.25, 0.3) is 0 Å². The molecule has 2 aromatic carbocycles. The van der Waals surface area contributed by atoms with Crippen molar-refractivity contribution in [2.45, 2.75) is 104 Å². The van der Waals surface area contributed by atoms with Crippen molar-refractivity contribution in [2.24, 2.45) is 9.98 Å². The molecule has 49 heavy (non-hydrogen) atoms. The van der Waals surface area contributed by atoms with Crippen LogP contribution in [0.5, 0.6) is 11.5 Å². The first-order valence-electron chi connectivity index (χ1n) is 18.0. The van der Waals surface area contributed by atoms with Crippen molar-refractivity contribution in [3.8, 4) is 11.5 Å². The molecule has 2 heterocycles. The maximum absolute atomic E-state index is 13.3. The van der Waals surface area contributed by atoms with Gasteiger partial charge in [-0.3, -0.25) is 9.98 Å². The Bertz CT molecular complexity index is 1650. The molecule has 1 N–H and O–H groups in total. The number of nitrogens with zero attached hydrogens (tertiary/aromatic N) is 3. The predicted molar refractivity (Wildman–Crippen MR) is 201 cm³/mol. The van der Waals surface area contributed by atoms with Crippen LogP contribution >= 0.6 is 0 Å². The van der Waals surface area contributed by atoms with E-state index in [4.69, 9.17) is 24.2 Å². The topological polar surface area (TPSA) is 84.8 Å². The number of urea groups is 1. The van der Waals surface area contributed by atoms with Gasteiger partial charge in [-0.15, -0.1) is 0 Å². The van der Waals surface area contributed by atoms with E-state index in [0.29, 0.717) is 13.2 Å². The van der Waals surface area contributed by atoms with Gasteiger partial charge >= 0.3 is 6.03 Å². The summed E-state index contributed by atoms with van der Waals surface area (Å²) in [5, 5.41) is 3.15. The Labute approximate surface area is 293 Å². The number of anilines is 1. The maximum Gasteiger partial charge on any atom is 0.322 e. The van der Waals surface area contributed by atoms with Crippen molar-refractivity contribution in [2.75, 3.05) is 32.7 Å². The van der Waals surface area contributed by atoms with E-state index in [-0.39, 0.29) is 12.1 Å². The molecule has 0 bridgehead atoms. The van der Waals surface area contributed by atoms with Crippen molar-refractivity contribution in [1.29, 1.82) is 0 Å². The van der Waals surface area contributed by atoms with Gasteiger partial charge in [0.1, 0.15) is 17.3 Å². The molecule has 0 spiro atoms. The van der Waals surface area contributed by atoms with E-state index in [1.165, 1.54) is 16.7 Å². The van der Waals surface area contributed by atoms with E-state index < -0.39 is 0 Å². The average molecular weight is 667 g/mol. The van der Waals surface area contributed by atoms with Gasteiger partial charge in [0.2, 0.25) is 0 Å². The molecule has 2 aliphatic heterocycles. The van der Waals surface area contributed by atoms with Crippen molar-refractivity contribution >= 4 is 28.8 Å². The number of carbonyl (C=O) groups is 1. The minimum atomic E-state index is -0.00880. The number of rotatable bonds is 13. The van der Waals surface area contributed by atoms with E-state index >= 15 is 0 Å². The van der Waals surface area contributed by atoms with Gasteiger partial charge in [0.05, 0.1) is 19.4 Å². The minimum Gasteiger partial charge on any atom is -0.497 e. The Hall–Kier alpha value is -4.17. The minimum absolute atomic E-state index is 0.00880. The number of hydrogen-bond acceptors (Lipinski definition) is 6. The SMILES string of the molecule is CCCCc1cc(OC2=CC(CC3=CCCC(N4CCc5cc(OC)ccc5NC4=O)CC3)=NC=C(CC)C2)cc(C)c1/N=C(\C)COC. The summed E-state index contributed by atoms with van der Waals surface area (Å²) in [6.45, 7) is 9.74. The number of methoxy groups -OCH3 is 2. The van der Waals surface area contributed by atoms with Gasteiger partial charge in [0.25, 0.3) is 0 Å². The third kappa shape index (κ3) is 9.72. The second-order valence-corrected chi connectivity index (χ2v) is 13.5. The van der Waals surface area contributed by atoms with E-state index in [1.807, 2.05) is 36.2 Å². The molecule has 262 valence electrons. The number of hydrogen-bond donors (Lipinski definition) is 1. The molecule has 2 amide bonds. The maximum atomic E-state index is 13.3. The first kappa shape index (κ1) is 36.1. The molecular weight excluding hydrogens is 612 g/mol. The highest BCUT2D eigenvalue weighted by atomic mass is 16.5. The molecule has 1 unspecified atom stereocenters. The fourth-order valence-corrected chi connectivity index (χ4v) is 6.96. The Morgan fingerprint density at radius 1 is 1.08 bits per heavy atom. The third-order valence-electron chi connectivity index (χ3n) is 9.67. The summed E-state index contributed by atoms with van der Waals surface area (Å²) < 4.78 is 17.4. The molecular formula is C41H54N4O4. The Kier molecular flexibility index (Phi) is 12.9. The number of fused-ring (bicyclic) bond motifs is 1. The molecule has 0 saturated carbocycles. The molecule has 0 fully saturated rings. The van der Waals surface area contributed by atoms with Crippen LogP contribution in [0.2, 0.25) is 0 Å². The van der Waals surface area contributed by atoms with Gasteiger partial charge < -0.3 is 24.4 Å². The van der Waals surface area contributed by atoms with Crippen molar-refractivity contribution in [3.63, 3.8) is 0 Å². The van der Waals surface area contributed by atoms with Crippen LogP contribution in [0.3, 0.4) is 0 Å². The summed E-state index contributed by atoms with van der Waals surface area (Å²) >= 11 is 0. The Balaban J connectivity index is 1.28. The second-order valence-electron chi connectivity index (χ2n) is 13.5. The number of benzene rings is 2. The van der Waals surface area contributed by atoms with Gasteiger partial charge in [0, 0.05) is 55.8 Å². The lowest BCUT2D eigenvalue weighted by Gasteiger charge is -2.29.